The second kappa shape index (κ2) is 10.2. The molecule has 0 fully saturated rings. The minimum atomic E-state index is -1.05. The number of rotatable bonds is 9. The van der Waals surface area contributed by atoms with Gasteiger partial charge in [-0.2, -0.15) is 0 Å². The Bertz CT molecular complexity index is 870. The molecule has 0 saturated heterocycles. The van der Waals surface area contributed by atoms with Gasteiger partial charge in [0.15, 0.2) is 0 Å². The number of halogens is 1. The maximum atomic E-state index is 14.0. The van der Waals surface area contributed by atoms with E-state index < -0.39 is 35.6 Å². The Hall–Kier alpha value is -3.42. The van der Waals surface area contributed by atoms with Gasteiger partial charge in [-0.15, -0.1) is 0 Å². The lowest BCUT2D eigenvalue weighted by atomic mass is 10.0. The fraction of sp³-hybridized carbons (Fsp3) is 0.286. The molecule has 0 aliphatic rings. The number of carbonyl (C=O) groups is 3. The van der Waals surface area contributed by atoms with Gasteiger partial charge in [0.05, 0.1) is 7.11 Å². The molecule has 0 aliphatic carbocycles. The van der Waals surface area contributed by atoms with Gasteiger partial charge in [0.2, 0.25) is 17.7 Å². The molecule has 29 heavy (non-hydrogen) atoms. The third-order valence-corrected chi connectivity index (χ3v) is 4.33. The first-order valence-electron chi connectivity index (χ1n) is 9.03. The van der Waals surface area contributed by atoms with Gasteiger partial charge < -0.3 is 21.1 Å². The van der Waals surface area contributed by atoms with Gasteiger partial charge in [0.1, 0.15) is 23.7 Å². The molecular weight excluding hydrogens is 377 g/mol. The number of hydrogen-bond acceptors (Lipinski definition) is 4. The molecule has 2 rings (SSSR count). The maximum absolute atomic E-state index is 14.0. The fourth-order valence-electron chi connectivity index (χ4n) is 2.83. The summed E-state index contributed by atoms with van der Waals surface area (Å²) in [6, 6.07) is 10.9. The van der Waals surface area contributed by atoms with Crippen molar-refractivity contribution in [3.05, 3.63) is 65.5 Å². The summed E-state index contributed by atoms with van der Waals surface area (Å²) >= 11 is 0. The number of primary amides is 1. The van der Waals surface area contributed by atoms with Crippen molar-refractivity contribution in [3.63, 3.8) is 0 Å². The normalized spacial score (nSPS) is 12.5. The quantitative estimate of drug-likeness (QED) is 0.584. The summed E-state index contributed by atoms with van der Waals surface area (Å²) in [6.45, 7) is 1.25. The molecule has 8 heteroatoms. The Labute approximate surface area is 168 Å². The first-order chi connectivity index (χ1) is 13.8. The van der Waals surface area contributed by atoms with Gasteiger partial charge in [-0.25, -0.2) is 4.39 Å². The molecule has 0 heterocycles. The van der Waals surface area contributed by atoms with Crippen LogP contribution in [-0.4, -0.2) is 36.9 Å². The largest absolute Gasteiger partial charge is 0.497 e. The zero-order valence-electron chi connectivity index (χ0n) is 16.3. The zero-order valence-corrected chi connectivity index (χ0v) is 16.3. The van der Waals surface area contributed by atoms with E-state index in [2.05, 4.69) is 10.6 Å². The van der Waals surface area contributed by atoms with Crippen LogP contribution in [-0.2, 0) is 27.2 Å². The smallest absolute Gasteiger partial charge is 0.243 e. The number of carbonyl (C=O) groups excluding carboxylic acids is 3. The molecule has 0 unspecified atom stereocenters. The van der Waals surface area contributed by atoms with Gasteiger partial charge in [-0.3, -0.25) is 14.4 Å². The Morgan fingerprint density at radius 3 is 2.21 bits per heavy atom. The maximum Gasteiger partial charge on any atom is 0.243 e. The van der Waals surface area contributed by atoms with Crippen LogP contribution < -0.4 is 21.1 Å². The lowest BCUT2D eigenvalue weighted by molar-refractivity contribution is -0.130. The number of hydrogen-bond donors (Lipinski definition) is 3. The minimum absolute atomic E-state index is 0.0634. The molecule has 0 aromatic heterocycles. The Kier molecular flexibility index (Phi) is 7.70. The highest BCUT2D eigenvalue weighted by atomic mass is 19.1. The van der Waals surface area contributed by atoms with Crippen LogP contribution in [0, 0.1) is 5.82 Å². The van der Waals surface area contributed by atoms with Crippen LogP contribution in [0.15, 0.2) is 48.5 Å². The molecule has 154 valence electrons. The van der Waals surface area contributed by atoms with Crippen molar-refractivity contribution in [2.45, 2.75) is 31.8 Å². The average molecular weight is 401 g/mol. The van der Waals surface area contributed by atoms with Crippen LogP contribution in [0.3, 0.4) is 0 Å². The molecule has 4 N–H and O–H groups in total. The first-order valence-corrected chi connectivity index (χ1v) is 9.03. The number of nitrogens with one attached hydrogen (secondary N) is 2. The van der Waals surface area contributed by atoms with Gasteiger partial charge >= 0.3 is 0 Å². The highest BCUT2D eigenvalue weighted by Crippen LogP contribution is 2.13. The number of benzene rings is 2. The number of amides is 3. The molecule has 0 saturated carbocycles. The predicted octanol–water partition coefficient (Wildman–Crippen LogP) is 1.09. The Balaban J connectivity index is 2.13. The van der Waals surface area contributed by atoms with Gasteiger partial charge in [0.25, 0.3) is 0 Å². The molecule has 0 spiro atoms. The molecule has 0 aliphatic heterocycles. The predicted molar refractivity (Wildman–Crippen MR) is 106 cm³/mol. The Morgan fingerprint density at radius 2 is 1.66 bits per heavy atom. The van der Waals surface area contributed by atoms with Crippen LogP contribution in [0.2, 0.25) is 0 Å². The summed E-state index contributed by atoms with van der Waals surface area (Å²) in [4.78, 5) is 36.1. The zero-order chi connectivity index (χ0) is 21.4. The van der Waals surface area contributed by atoms with Crippen molar-refractivity contribution in [3.8, 4) is 5.75 Å². The van der Waals surface area contributed by atoms with Gasteiger partial charge in [-0.1, -0.05) is 30.3 Å². The van der Waals surface area contributed by atoms with Crippen LogP contribution >= 0.6 is 0 Å². The monoisotopic (exact) mass is 401 g/mol. The molecule has 0 radical (unpaired) electrons. The highest BCUT2D eigenvalue weighted by Gasteiger charge is 2.26. The summed E-state index contributed by atoms with van der Waals surface area (Å²) < 4.78 is 19.1. The molecule has 2 atom stereocenters. The van der Waals surface area contributed by atoms with Crippen molar-refractivity contribution in [2.75, 3.05) is 7.11 Å². The average Bonchev–Trinajstić information content (AvgIpc) is 2.68. The summed E-state index contributed by atoms with van der Waals surface area (Å²) in [5.74, 6) is -1.63. The minimum Gasteiger partial charge on any atom is -0.497 e. The highest BCUT2D eigenvalue weighted by molar-refractivity contribution is 5.91. The van der Waals surface area contributed by atoms with E-state index in [1.165, 1.54) is 25.1 Å². The van der Waals surface area contributed by atoms with Gasteiger partial charge in [-0.05, 0) is 29.3 Å². The lowest BCUT2D eigenvalue weighted by Crippen LogP contribution is -2.54. The second-order valence-corrected chi connectivity index (χ2v) is 6.56. The molecule has 0 bridgehead atoms. The molecular formula is C21H24FN3O4. The number of nitrogens with two attached hydrogens (primary N) is 1. The summed E-state index contributed by atoms with van der Waals surface area (Å²) in [5.41, 5.74) is 6.48. The SMILES string of the molecule is COc1ccc(C[C@@H](NC(=O)[C@H](Cc2ccccc2F)NC(C)=O)C(N)=O)cc1. The van der Waals surface area contributed by atoms with E-state index >= 15 is 0 Å². The topological polar surface area (TPSA) is 111 Å². The van der Waals surface area contributed by atoms with E-state index in [0.29, 0.717) is 5.75 Å². The third-order valence-electron chi connectivity index (χ3n) is 4.33. The van der Waals surface area contributed by atoms with E-state index in [0.717, 1.165) is 5.56 Å². The second-order valence-electron chi connectivity index (χ2n) is 6.56. The van der Waals surface area contributed by atoms with Crippen molar-refractivity contribution in [2.24, 2.45) is 5.73 Å². The van der Waals surface area contributed by atoms with Crippen molar-refractivity contribution < 1.29 is 23.5 Å². The van der Waals surface area contributed by atoms with Crippen LogP contribution in [0.25, 0.3) is 0 Å². The molecule has 3 amide bonds. The van der Waals surface area contributed by atoms with Crippen molar-refractivity contribution in [1.29, 1.82) is 0 Å². The van der Waals surface area contributed by atoms with Crippen LogP contribution in [0.5, 0.6) is 5.75 Å². The lowest BCUT2D eigenvalue weighted by Gasteiger charge is -2.22. The van der Waals surface area contributed by atoms with Crippen LogP contribution in [0.4, 0.5) is 4.39 Å². The van der Waals surface area contributed by atoms with E-state index in [-0.39, 0.29) is 18.4 Å². The summed E-state index contributed by atoms with van der Waals surface area (Å²) in [6.07, 6.45) is 0.101. The van der Waals surface area contributed by atoms with E-state index in [4.69, 9.17) is 10.5 Å². The molecule has 2 aromatic rings. The van der Waals surface area contributed by atoms with Gasteiger partial charge in [0, 0.05) is 19.8 Å². The summed E-state index contributed by atoms with van der Waals surface area (Å²) in [5, 5.41) is 5.05. The van der Waals surface area contributed by atoms with E-state index in [1.807, 2.05) is 0 Å². The van der Waals surface area contributed by atoms with E-state index in [9.17, 15) is 18.8 Å². The fourth-order valence-corrected chi connectivity index (χ4v) is 2.83. The first kappa shape index (κ1) is 21.9. The summed E-state index contributed by atoms with van der Waals surface area (Å²) in [7, 11) is 1.54. The number of methoxy groups -OCH3 is 1. The Morgan fingerprint density at radius 1 is 1.00 bits per heavy atom. The van der Waals surface area contributed by atoms with Crippen LogP contribution in [0.1, 0.15) is 18.1 Å². The molecule has 2 aromatic carbocycles. The third kappa shape index (κ3) is 6.60. The van der Waals surface area contributed by atoms with Crippen molar-refractivity contribution in [1.82, 2.24) is 10.6 Å². The standard InChI is InChI=1S/C21H24FN3O4/c1-13(26)24-19(12-15-5-3-4-6-17(15)22)21(28)25-18(20(23)27)11-14-7-9-16(29-2)10-8-14/h3-10,18-19H,11-12H2,1-2H3,(H2,23,27)(H,24,26)(H,25,28)/t18-,19+/m1/s1. The van der Waals surface area contributed by atoms with Crippen molar-refractivity contribution >= 4 is 17.7 Å². The molecule has 7 nitrogen and oxygen atoms in total. The van der Waals surface area contributed by atoms with E-state index in [1.54, 1.807) is 37.4 Å². The number of ether oxygens (including phenoxy) is 1.